The molecule has 11 heteroatoms. The SMILES string of the molecule is C[SiH](CCCN)O[Si](C)(CCCN)O[Si](C)(CCCN)CO[Si](C)(C)CCCN. The molecule has 3 unspecified atom stereocenters. The van der Waals surface area contributed by atoms with Crippen molar-refractivity contribution in [1.29, 1.82) is 0 Å². The average molecular weight is 483 g/mol. The van der Waals surface area contributed by atoms with E-state index in [9.17, 15) is 0 Å². The van der Waals surface area contributed by atoms with Crippen LogP contribution in [0.3, 0.4) is 0 Å². The molecule has 29 heavy (non-hydrogen) atoms. The summed E-state index contributed by atoms with van der Waals surface area (Å²) < 4.78 is 20.2. The number of nitrogens with two attached hydrogens (primary N) is 4. The highest BCUT2D eigenvalue weighted by Gasteiger charge is 2.42. The minimum absolute atomic E-state index is 0.671. The van der Waals surface area contributed by atoms with Crippen molar-refractivity contribution in [2.45, 2.75) is 82.6 Å². The lowest BCUT2D eigenvalue weighted by molar-refractivity contribution is 0.315. The van der Waals surface area contributed by atoms with Gasteiger partial charge in [0.05, 0.1) is 6.23 Å². The molecule has 0 aliphatic rings. The Labute approximate surface area is 184 Å². The van der Waals surface area contributed by atoms with Gasteiger partial charge in [-0.2, -0.15) is 0 Å². The Balaban J connectivity index is 5.26. The van der Waals surface area contributed by atoms with E-state index in [-0.39, 0.29) is 0 Å². The summed E-state index contributed by atoms with van der Waals surface area (Å²) in [7, 11) is -7.46. The van der Waals surface area contributed by atoms with Gasteiger partial charge in [-0.25, -0.2) is 0 Å². The van der Waals surface area contributed by atoms with Crippen LogP contribution in [0.15, 0.2) is 0 Å². The summed E-state index contributed by atoms with van der Waals surface area (Å²) in [6.07, 6.45) is 4.69. The first-order valence-electron chi connectivity index (χ1n) is 11.4. The van der Waals surface area contributed by atoms with Crippen molar-refractivity contribution in [3.05, 3.63) is 0 Å². The molecule has 0 bridgehead atoms. The van der Waals surface area contributed by atoms with Crippen LogP contribution in [0.4, 0.5) is 0 Å². The second-order valence-electron chi connectivity index (χ2n) is 9.27. The smallest absolute Gasteiger partial charge is 0.314 e. The molecule has 0 aromatic carbocycles. The van der Waals surface area contributed by atoms with Gasteiger partial charge in [0.2, 0.25) is 8.32 Å². The largest absolute Gasteiger partial charge is 0.439 e. The molecule has 0 aromatic rings. The molecule has 0 fully saturated rings. The maximum atomic E-state index is 7.00. The Hall–Kier alpha value is 0.588. The standard InChI is InChI=1S/C18H50N4O3Si4/c1-26(14-6-10-19)24-29(5,17-9-13-22)25-28(4,16-8-12-21)18-23-27(2,3)15-7-11-20/h26H,6-22H2,1-5H3. The molecular formula is C18H50N4O3Si4. The van der Waals surface area contributed by atoms with E-state index >= 15 is 0 Å². The predicted molar refractivity (Wildman–Crippen MR) is 136 cm³/mol. The molecule has 0 rings (SSSR count). The summed E-state index contributed by atoms with van der Waals surface area (Å²) in [6.45, 7) is 14.2. The van der Waals surface area contributed by atoms with Gasteiger partial charge in [-0.15, -0.1) is 0 Å². The molecule has 0 aromatic heterocycles. The van der Waals surface area contributed by atoms with Crippen molar-refractivity contribution >= 4 is 34.2 Å². The van der Waals surface area contributed by atoms with E-state index in [0.29, 0.717) is 13.1 Å². The molecule has 0 saturated heterocycles. The van der Waals surface area contributed by atoms with Crippen LogP contribution in [0.5, 0.6) is 0 Å². The van der Waals surface area contributed by atoms with E-state index in [0.717, 1.165) is 69.2 Å². The molecule has 8 N–H and O–H groups in total. The van der Waals surface area contributed by atoms with Crippen LogP contribution >= 0.6 is 0 Å². The molecule has 176 valence electrons. The number of rotatable bonds is 19. The van der Waals surface area contributed by atoms with E-state index in [1.54, 1.807) is 0 Å². The minimum atomic E-state index is -2.31. The normalized spacial score (nSPS) is 17.7. The lowest BCUT2D eigenvalue weighted by atomic mass is 10.5. The van der Waals surface area contributed by atoms with Gasteiger partial charge in [0.25, 0.3) is 0 Å². The summed E-state index contributed by atoms with van der Waals surface area (Å²) in [4.78, 5) is 0. The van der Waals surface area contributed by atoms with Gasteiger partial charge < -0.3 is 35.6 Å². The second kappa shape index (κ2) is 15.4. The third kappa shape index (κ3) is 14.3. The molecule has 0 spiro atoms. The third-order valence-corrected chi connectivity index (χ3v) is 19.9. The van der Waals surface area contributed by atoms with E-state index in [4.69, 9.17) is 35.6 Å². The zero-order valence-electron chi connectivity index (χ0n) is 19.8. The Morgan fingerprint density at radius 1 is 0.724 bits per heavy atom. The van der Waals surface area contributed by atoms with E-state index < -0.39 is 34.2 Å². The Kier molecular flexibility index (Phi) is 15.7. The Bertz CT molecular complexity index is 427. The summed E-state index contributed by atoms with van der Waals surface area (Å²) in [5, 5.41) is 0. The van der Waals surface area contributed by atoms with Crippen LogP contribution < -0.4 is 22.9 Å². The van der Waals surface area contributed by atoms with Gasteiger partial charge in [-0.1, -0.05) is 0 Å². The molecule has 3 atom stereocenters. The zero-order chi connectivity index (χ0) is 22.4. The van der Waals surface area contributed by atoms with Crippen molar-refractivity contribution in [2.24, 2.45) is 22.9 Å². The highest BCUT2D eigenvalue weighted by molar-refractivity contribution is 6.86. The van der Waals surface area contributed by atoms with Gasteiger partial charge in [-0.3, -0.25) is 0 Å². The zero-order valence-corrected chi connectivity index (χ0v) is 24.0. The van der Waals surface area contributed by atoms with Gasteiger partial charge in [0.15, 0.2) is 17.4 Å². The van der Waals surface area contributed by atoms with E-state index in [2.05, 4.69) is 32.7 Å². The lowest BCUT2D eigenvalue weighted by Crippen LogP contribution is -2.56. The highest BCUT2D eigenvalue weighted by Crippen LogP contribution is 2.28. The Morgan fingerprint density at radius 3 is 1.79 bits per heavy atom. The summed E-state index contributed by atoms with van der Waals surface area (Å²) in [5.41, 5.74) is 23.1. The number of hydrogen-bond acceptors (Lipinski definition) is 7. The van der Waals surface area contributed by atoms with Crippen molar-refractivity contribution in [1.82, 2.24) is 0 Å². The molecule has 0 aliphatic heterocycles. The lowest BCUT2D eigenvalue weighted by Gasteiger charge is -2.40. The quantitative estimate of drug-likeness (QED) is 0.207. The highest BCUT2D eigenvalue weighted by atomic mass is 28.5. The fraction of sp³-hybridized carbons (Fsp3) is 1.00. The average Bonchev–Trinajstić information content (AvgIpc) is 2.66. The topological polar surface area (TPSA) is 132 Å². The van der Waals surface area contributed by atoms with Gasteiger partial charge in [0, 0.05) is 0 Å². The van der Waals surface area contributed by atoms with Crippen LogP contribution in [0.1, 0.15) is 25.7 Å². The van der Waals surface area contributed by atoms with Crippen LogP contribution in [0.2, 0.25) is 56.9 Å². The molecule has 0 radical (unpaired) electrons. The van der Waals surface area contributed by atoms with Gasteiger partial charge in [-0.05, 0) is 109 Å². The molecule has 0 amide bonds. The Morgan fingerprint density at radius 2 is 1.24 bits per heavy atom. The molecule has 0 heterocycles. The van der Waals surface area contributed by atoms with Crippen LogP contribution in [-0.2, 0) is 12.7 Å². The summed E-state index contributed by atoms with van der Waals surface area (Å²) in [5.74, 6) is 0. The van der Waals surface area contributed by atoms with Crippen LogP contribution in [0.25, 0.3) is 0 Å². The summed E-state index contributed by atoms with van der Waals surface area (Å²) in [6, 6.07) is 4.15. The van der Waals surface area contributed by atoms with Gasteiger partial charge in [0.1, 0.15) is 0 Å². The minimum Gasteiger partial charge on any atom is -0.439 e. The molecular weight excluding hydrogens is 433 g/mol. The van der Waals surface area contributed by atoms with Crippen LogP contribution in [-0.4, -0.2) is 66.6 Å². The van der Waals surface area contributed by atoms with Crippen molar-refractivity contribution in [3.63, 3.8) is 0 Å². The second-order valence-corrected chi connectivity index (χ2v) is 24.0. The third-order valence-electron chi connectivity index (χ3n) is 5.22. The molecule has 0 aliphatic carbocycles. The van der Waals surface area contributed by atoms with Crippen LogP contribution in [0, 0.1) is 0 Å². The number of hydrogen-bond donors (Lipinski definition) is 4. The van der Waals surface area contributed by atoms with Crippen molar-refractivity contribution < 1.29 is 12.7 Å². The van der Waals surface area contributed by atoms with E-state index in [1.807, 2.05) is 0 Å². The molecule has 0 saturated carbocycles. The first-order chi connectivity index (χ1) is 13.6. The fourth-order valence-electron chi connectivity index (χ4n) is 3.54. The fourth-order valence-corrected chi connectivity index (χ4v) is 20.5. The first kappa shape index (κ1) is 29.6. The van der Waals surface area contributed by atoms with Crippen molar-refractivity contribution in [2.75, 3.05) is 32.4 Å². The first-order valence-corrected chi connectivity index (χ1v) is 22.3. The maximum absolute atomic E-state index is 7.00. The summed E-state index contributed by atoms with van der Waals surface area (Å²) >= 11 is 0. The molecule has 7 nitrogen and oxygen atoms in total. The van der Waals surface area contributed by atoms with Crippen molar-refractivity contribution in [3.8, 4) is 0 Å². The van der Waals surface area contributed by atoms with E-state index in [1.165, 1.54) is 0 Å². The maximum Gasteiger partial charge on any atom is 0.314 e. The van der Waals surface area contributed by atoms with Gasteiger partial charge >= 0.3 is 8.56 Å². The predicted octanol–water partition coefficient (Wildman–Crippen LogP) is 2.18. The monoisotopic (exact) mass is 482 g/mol.